The number of anilines is 1. The van der Waals surface area contributed by atoms with E-state index in [1.54, 1.807) is 0 Å². The molecule has 216 valence electrons. The number of halogens is 7. The van der Waals surface area contributed by atoms with E-state index in [-0.39, 0.29) is 42.3 Å². The van der Waals surface area contributed by atoms with Crippen molar-refractivity contribution >= 4 is 21.7 Å². The molecule has 0 bridgehead atoms. The minimum Gasteiger partial charge on any atom is -0.481 e. The molecular weight excluding hydrogens is 579 g/mol. The molecule has 40 heavy (non-hydrogen) atoms. The van der Waals surface area contributed by atoms with E-state index in [1.807, 2.05) is 0 Å². The number of aromatic nitrogens is 2. The van der Waals surface area contributed by atoms with Crippen molar-refractivity contribution in [3.8, 4) is 0 Å². The summed E-state index contributed by atoms with van der Waals surface area (Å²) >= 11 is 0. The first-order valence-electron chi connectivity index (χ1n) is 11.3. The Hall–Kier alpha value is -3.73. The maximum Gasteiger partial charge on any atom is 0.430 e. The quantitative estimate of drug-likeness (QED) is 0.392. The highest BCUT2D eigenvalue weighted by Gasteiger charge is 2.71. The average Bonchev–Trinajstić information content (AvgIpc) is 3.27. The molecule has 17 heteroatoms. The molecule has 1 aromatic heterocycles. The molecule has 0 fully saturated rings. The fourth-order valence-corrected chi connectivity index (χ4v) is 6.07. The molecule has 1 unspecified atom stereocenters. The zero-order valence-corrected chi connectivity index (χ0v) is 20.7. The Morgan fingerprint density at radius 1 is 1.00 bits per heavy atom. The third-order valence-electron chi connectivity index (χ3n) is 6.23. The van der Waals surface area contributed by atoms with E-state index in [2.05, 4.69) is 10.2 Å². The summed E-state index contributed by atoms with van der Waals surface area (Å²) in [6.45, 7) is 0. The van der Waals surface area contributed by atoms with Gasteiger partial charge < -0.3 is 14.6 Å². The first-order valence-corrected chi connectivity index (χ1v) is 12.7. The molecule has 2 N–H and O–H groups in total. The smallest absolute Gasteiger partial charge is 0.430 e. The van der Waals surface area contributed by atoms with Gasteiger partial charge in [0, 0.05) is 12.0 Å². The summed E-state index contributed by atoms with van der Waals surface area (Å²) < 4.78 is 128. The largest absolute Gasteiger partial charge is 0.481 e. The normalized spacial score (nSPS) is 16.6. The molecular formula is C23H18F7N3O6S. The van der Waals surface area contributed by atoms with Crippen LogP contribution in [0.5, 0.6) is 0 Å². The average molecular weight is 597 g/mol. The van der Waals surface area contributed by atoms with Crippen molar-refractivity contribution in [1.29, 1.82) is 0 Å². The molecule has 0 amide bonds. The Labute approximate surface area is 220 Å². The summed E-state index contributed by atoms with van der Waals surface area (Å²) in [5.74, 6) is -2.51. The van der Waals surface area contributed by atoms with Crippen LogP contribution in [0.3, 0.4) is 0 Å². The van der Waals surface area contributed by atoms with Crippen molar-refractivity contribution in [2.75, 3.05) is 4.31 Å². The molecule has 1 aliphatic heterocycles. The van der Waals surface area contributed by atoms with Crippen molar-refractivity contribution in [3.63, 3.8) is 0 Å². The van der Waals surface area contributed by atoms with Gasteiger partial charge in [-0.2, -0.15) is 26.3 Å². The van der Waals surface area contributed by atoms with E-state index in [0.717, 1.165) is 28.6 Å². The number of carbonyl (C=O) groups is 1. The van der Waals surface area contributed by atoms with E-state index < -0.39 is 62.7 Å². The highest BCUT2D eigenvalue weighted by atomic mass is 32.2. The maximum absolute atomic E-state index is 13.7. The molecule has 1 atom stereocenters. The maximum atomic E-state index is 13.7. The summed E-state index contributed by atoms with van der Waals surface area (Å²) in [5, 5.41) is 25.9. The lowest BCUT2D eigenvalue weighted by Crippen LogP contribution is -2.54. The number of sulfonamides is 1. The predicted molar refractivity (Wildman–Crippen MR) is 120 cm³/mol. The lowest BCUT2D eigenvalue weighted by molar-refractivity contribution is -0.376. The Balaban J connectivity index is 1.82. The van der Waals surface area contributed by atoms with Crippen LogP contribution >= 0.6 is 0 Å². The molecule has 0 aliphatic carbocycles. The zero-order valence-electron chi connectivity index (χ0n) is 19.9. The number of carboxylic acids is 1. The second-order valence-corrected chi connectivity index (χ2v) is 10.7. The van der Waals surface area contributed by atoms with Crippen LogP contribution in [0.1, 0.15) is 29.3 Å². The highest BCUT2D eigenvalue weighted by molar-refractivity contribution is 7.92. The topological polar surface area (TPSA) is 134 Å². The Bertz CT molecular complexity index is 1510. The first kappa shape index (κ1) is 29.3. The van der Waals surface area contributed by atoms with Crippen molar-refractivity contribution in [2.45, 2.75) is 54.6 Å². The van der Waals surface area contributed by atoms with Crippen LogP contribution in [0.4, 0.5) is 36.4 Å². The van der Waals surface area contributed by atoms with E-state index in [9.17, 15) is 49.1 Å². The van der Waals surface area contributed by atoms with Gasteiger partial charge in [0.25, 0.3) is 15.6 Å². The third kappa shape index (κ3) is 5.22. The van der Waals surface area contributed by atoms with Crippen LogP contribution in [-0.4, -0.2) is 53.2 Å². The summed E-state index contributed by atoms with van der Waals surface area (Å²) in [4.78, 5) is 10.5. The van der Waals surface area contributed by atoms with Crippen LogP contribution in [-0.2, 0) is 39.7 Å². The fraction of sp³-hybridized carbons (Fsp3) is 0.348. The Morgan fingerprint density at radius 2 is 1.60 bits per heavy atom. The van der Waals surface area contributed by atoms with Crippen molar-refractivity contribution in [2.24, 2.45) is 0 Å². The number of aliphatic hydroxyl groups is 1. The van der Waals surface area contributed by atoms with E-state index in [0.29, 0.717) is 18.2 Å². The highest BCUT2D eigenvalue weighted by Crippen LogP contribution is 2.51. The third-order valence-corrected chi connectivity index (χ3v) is 8.11. The van der Waals surface area contributed by atoms with Crippen LogP contribution < -0.4 is 4.31 Å². The van der Waals surface area contributed by atoms with Gasteiger partial charge in [-0.05, 0) is 48.7 Å². The molecule has 0 radical (unpaired) electrons. The van der Waals surface area contributed by atoms with Crippen LogP contribution in [0.15, 0.2) is 51.8 Å². The van der Waals surface area contributed by atoms with E-state index in [1.165, 1.54) is 0 Å². The Kier molecular flexibility index (Phi) is 7.33. The number of hydrogen-bond donors (Lipinski definition) is 2. The van der Waals surface area contributed by atoms with Crippen molar-refractivity contribution in [3.05, 3.63) is 71.2 Å². The number of aryl methyl sites for hydroxylation is 1. The fourth-order valence-electron chi connectivity index (χ4n) is 4.35. The molecule has 0 saturated carbocycles. The predicted octanol–water partition coefficient (Wildman–Crippen LogP) is 3.90. The van der Waals surface area contributed by atoms with Crippen LogP contribution in [0.2, 0.25) is 0 Å². The molecule has 2 heterocycles. The summed E-state index contributed by atoms with van der Waals surface area (Å²) in [7, 11) is -4.60. The van der Waals surface area contributed by atoms with Gasteiger partial charge in [-0.1, -0.05) is 12.1 Å². The molecule has 4 rings (SSSR count). The minimum absolute atomic E-state index is 0.163. The van der Waals surface area contributed by atoms with Crippen molar-refractivity contribution < 1.29 is 58.6 Å². The number of fused-ring (bicyclic) bond motifs is 1. The van der Waals surface area contributed by atoms with E-state index in [4.69, 9.17) is 9.52 Å². The summed E-state index contributed by atoms with van der Waals surface area (Å²) in [6.07, 6.45) is -13.6. The standard InChI is InChI=1S/C23H18F7N3O6S/c24-14-3-6-16(7-4-14)40(37,38)33-15(10-18-31-32-19(39-18)11-20(34)35)5-1-12-9-13(2-8-17(12)33)21(36,22(25,26)27)23(28,29)30/h2-4,6-9,15,36H,1,5,10-11H2,(H,34,35). The molecule has 9 nitrogen and oxygen atoms in total. The number of carboxylic acid groups (broad SMARTS) is 1. The number of rotatable bonds is 7. The molecule has 0 saturated heterocycles. The van der Waals surface area contributed by atoms with Gasteiger partial charge in [-0.3, -0.25) is 9.10 Å². The van der Waals surface area contributed by atoms with Gasteiger partial charge in [-0.15, -0.1) is 10.2 Å². The zero-order chi connectivity index (χ0) is 29.7. The number of benzene rings is 2. The SMILES string of the molecule is O=C(O)Cc1nnc(CC2CCc3cc(C(O)(C(F)(F)F)C(F)(F)F)ccc3N2S(=O)(=O)c2ccc(F)cc2)o1. The Morgan fingerprint density at radius 3 is 2.17 bits per heavy atom. The van der Waals surface area contributed by atoms with E-state index >= 15 is 0 Å². The van der Waals surface area contributed by atoms with Crippen LogP contribution in [0, 0.1) is 5.82 Å². The second kappa shape index (κ2) is 10.0. The summed E-state index contributed by atoms with van der Waals surface area (Å²) in [6, 6.07) is 3.95. The lowest BCUT2D eigenvalue weighted by Gasteiger charge is -2.39. The van der Waals surface area contributed by atoms with Crippen LogP contribution in [0.25, 0.3) is 0 Å². The van der Waals surface area contributed by atoms with Gasteiger partial charge in [0.2, 0.25) is 11.8 Å². The number of aliphatic carboxylic acids is 1. The minimum atomic E-state index is -6.15. The van der Waals surface area contributed by atoms with Gasteiger partial charge in [0.15, 0.2) is 0 Å². The number of alkyl halides is 6. The van der Waals surface area contributed by atoms with Crippen molar-refractivity contribution in [1.82, 2.24) is 10.2 Å². The van der Waals surface area contributed by atoms with Gasteiger partial charge in [-0.25, -0.2) is 12.8 Å². The second-order valence-electron chi connectivity index (χ2n) is 8.86. The molecule has 1 aliphatic rings. The van der Waals surface area contributed by atoms with Gasteiger partial charge in [0.05, 0.1) is 16.6 Å². The van der Waals surface area contributed by atoms with Gasteiger partial charge in [0.1, 0.15) is 12.2 Å². The molecule has 0 spiro atoms. The summed E-state index contributed by atoms with van der Waals surface area (Å²) in [5.41, 5.74) is -7.32. The number of hydrogen-bond acceptors (Lipinski definition) is 7. The monoisotopic (exact) mass is 597 g/mol. The number of nitrogens with zero attached hydrogens (tertiary/aromatic N) is 3. The first-order chi connectivity index (χ1) is 18.4. The lowest BCUT2D eigenvalue weighted by atomic mass is 9.87. The van der Waals surface area contributed by atoms with Gasteiger partial charge >= 0.3 is 18.3 Å². The molecule has 3 aromatic rings. The molecule has 2 aromatic carbocycles.